The van der Waals surface area contributed by atoms with Crippen LogP contribution in [-0.2, 0) is 9.53 Å². The Morgan fingerprint density at radius 1 is 1.25 bits per heavy atom. The predicted molar refractivity (Wildman–Crippen MR) is 80.2 cm³/mol. The molecule has 4 nitrogen and oxygen atoms in total. The van der Waals surface area contributed by atoms with Crippen molar-refractivity contribution >= 4 is 5.91 Å². The van der Waals surface area contributed by atoms with Crippen molar-refractivity contribution in [1.29, 1.82) is 0 Å². The zero-order chi connectivity index (χ0) is 14.5. The molecule has 1 aliphatic carbocycles. The van der Waals surface area contributed by atoms with Gasteiger partial charge in [0.1, 0.15) is 0 Å². The Bertz CT molecular complexity index is 320. The van der Waals surface area contributed by atoms with Crippen molar-refractivity contribution in [2.45, 2.75) is 64.5 Å². The second-order valence-electron chi connectivity index (χ2n) is 6.84. The van der Waals surface area contributed by atoms with E-state index in [1.54, 1.807) is 0 Å². The molecule has 0 bridgehead atoms. The quantitative estimate of drug-likeness (QED) is 0.811. The lowest BCUT2D eigenvalue weighted by molar-refractivity contribution is -0.123. The fourth-order valence-electron chi connectivity index (χ4n) is 3.69. The number of carbonyl (C=O) groups is 1. The number of amides is 1. The number of carbonyl (C=O) groups excluding carboxylic acids is 1. The van der Waals surface area contributed by atoms with E-state index in [1.807, 2.05) is 0 Å². The first-order chi connectivity index (χ1) is 9.58. The minimum absolute atomic E-state index is 0.167. The Morgan fingerprint density at radius 3 is 2.65 bits per heavy atom. The highest BCUT2D eigenvalue weighted by atomic mass is 16.5. The summed E-state index contributed by atoms with van der Waals surface area (Å²) in [5, 5.41) is 3.11. The maximum absolute atomic E-state index is 12.1. The summed E-state index contributed by atoms with van der Waals surface area (Å²) in [6, 6.07) is 0.224. The molecule has 0 aromatic rings. The minimum Gasteiger partial charge on any atom is -0.378 e. The molecule has 0 radical (unpaired) electrons. The first-order valence-electron chi connectivity index (χ1n) is 8.21. The van der Waals surface area contributed by atoms with E-state index in [0.717, 1.165) is 38.8 Å². The van der Waals surface area contributed by atoms with Crippen LogP contribution in [0.15, 0.2) is 0 Å². The second-order valence-corrected chi connectivity index (χ2v) is 6.84. The summed E-state index contributed by atoms with van der Waals surface area (Å²) < 4.78 is 5.86. The Labute approximate surface area is 122 Å². The van der Waals surface area contributed by atoms with Gasteiger partial charge in [-0.15, -0.1) is 0 Å². The van der Waals surface area contributed by atoms with Gasteiger partial charge in [0.05, 0.1) is 6.10 Å². The minimum atomic E-state index is 0.167. The Balaban J connectivity index is 1.74. The van der Waals surface area contributed by atoms with Crippen LogP contribution in [0.2, 0.25) is 0 Å². The summed E-state index contributed by atoms with van der Waals surface area (Å²) in [6.07, 6.45) is 6.51. The smallest absolute Gasteiger partial charge is 0.220 e. The van der Waals surface area contributed by atoms with Gasteiger partial charge in [-0.2, -0.15) is 0 Å². The summed E-state index contributed by atoms with van der Waals surface area (Å²) in [7, 11) is 0. The largest absolute Gasteiger partial charge is 0.378 e. The molecule has 1 aliphatic heterocycles. The van der Waals surface area contributed by atoms with Crippen molar-refractivity contribution in [1.82, 2.24) is 5.32 Å². The van der Waals surface area contributed by atoms with Crippen molar-refractivity contribution in [3.8, 4) is 0 Å². The molecule has 20 heavy (non-hydrogen) atoms. The lowest BCUT2D eigenvalue weighted by atomic mass is 9.87. The van der Waals surface area contributed by atoms with Gasteiger partial charge in [-0.05, 0) is 37.5 Å². The predicted octanol–water partition coefficient (Wildman–Crippen LogP) is 2.07. The van der Waals surface area contributed by atoms with E-state index in [0.29, 0.717) is 24.2 Å². The Morgan fingerprint density at radius 2 is 2.00 bits per heavy atom. The Hall–Kier alpha value is -0.610. The summed E-state index contributed by atoms with van der Waals surface area (Å²) in [4.78, 5) is 12.1. The average molecular weight is 282 g/mol. The second kappa shape index (κ2) is 7.41. The van der Waals surface area contributed by atoms with Gasteiger partial charge in [0.25, 0.3) is 0 Å². The molecule has 2 rings (SSSR count). The highest BCUT2D eigenvalue weighted by Crippen LogP contribution is 2.27. The SMILES string of the molecule is CC(C)C1OCCCC1CNC(=O)C[C@@H]1CCC[C@H]1N. The third-order valence-corrected chi connectivity index (χ3v) is 4.88. The maximum Gasteiger partial charge on any atom is 0.220 e. The molecular formula is C16H30N2O2. The zero-order valence-electron chi connectivity index (χ0n) is 12.9. The molecule has 0 spiro atoms. The molecule has 2 aliphatic rings. The van der Waals surface area contributed by atoms with E-state index in [2.05, 4.69) is 19.2 Å². The molecule has 1 heterocycles. The molecule has 0 aromatic heterocycles. The molecule has 0 aromatic carbocycles. The van der Waals surface area contributed by atoms with Crippen molar-refractivity contribution in [2.75, 3.05) is 13.2 Å². The van der Waals surface area contributed by atoms with Gasteiger partial charge in [0.15, 0.2) is 0 Å². The van der Waals surface area contributed by atoms with Crippen LogP contribution < -0.4 is 11.1 Å². The molecule has 1 saturated heterocycles. The molecule has 3 N–H and O–H groups in total. The van der Waals surface area contributed by atoms with Gasteiger partial charge in [0, 0.05) is 31.5 Å². The van der Waals surface area contributed by atoms with Gasteiger partial charge in [-0.3, -0.25) is 4.79 Å². The number of hydrogen-bond donors (Lipinski definition) is 2. The summed E-state index contributed by atoms with van der Waals surface area (Å²) in [5.41, 5.74) is 6.03. The molecule has 2 fully saturated rings. The average Bonchev–Trinajstić information content (AvgIpc) is 2.82. The number of nitrogens with two attached hydrogens (primary N) is 1. The van der Waals surface area contributed by atoms with E-state index in [9.17, 15) is 4.79 Å². The number of nitrogens with one attached hydrogen (secondary N) is 1. The van der Waals surface area contributed by atoms with Gasteiger partial charge in [-0.25, -0.2) is 0 Å². The highest BCUT2D eigenvalue weighted by Gasteiger charge is 2.30. The Kier molecular flexibility index (Phi) is 5.85. The maximum atomic E-state index is 12.1. The molecule has 2 unspecified atom stereocenters. The highest BCUT2D eigenvalue weighted by molar-refractivity contribution is 5.76. The first-order valence-corrected chi connectivity index (χ1v) is 8.21. The lowest BCUT2D eigenvalue weighted by Gasteiger charge is -2.34. The van der Waals surface area contributed by atoms with Crippen molar-refractivity contribution in [2.24, 2.45) is 23.5 Å². The number of rotatable bonds is 5. The van der Waals surface area contributed by atoms with Crippen LogP contribution in [0.1, 0.15) is 52.4 Å². The van der Waals surface area contributed by atoms with Crippen LogP contribution in [-0.4, -0.2) is 31.2 Å². The molecule has 4 heteroatoms. The van der Waals surface area contributed by atoms with E-state index in [4.69, 9.17) is 10.5 Å². The third-order valence-electron chi connectivity index (χ3n) is 4.88. The fraction of sp³-hybridized carbons (Fsp3) is 0.938. The zero-order valence-corrected chi connectivity index (χ0v) is 12.9. The van der Waals surface area contributed by atoms with Crippen molar-refractivity contribution < 1.29 is 9.53 Å². The van der Waals surface area contributed by atoms with Crippen LogP contribution in [0.4, 0.5) is 0 Å². The summed E-state index contributed by atoms with van der Waals surface area (Å²) in [5.74, 6) is 1.53. The van der Waals surface area contributed by atoms with E-state index in [1.165, 1.54) is 6.42 Å². The molecular weight excluding hydrogens is 252 g/mol. The van der Waals surface area contributed by atoms with E-state index < -0.39 is 0 Å². The standard InChI is InChI=1S/C16H30N2O2/c1-11(2)16-13(6-4-8-20-16)10-18-15(19)9-12-5-3-7-14(12)17/h11-14,16H,3-10,17H2,1-2H3,(H,18,19)/t12-,13?,14+,16?/m0/s1. The van der Waals surface area contributed by atoms with E-state index in [-0.39, 0.29) is 18.1 Å². The normalized spacial score (nSPS) is 34.4. The first kappa shape index (κ1) is 15.8. The van der Waals surface area contributed by atoms with Crippen LogP contribution in [0, 0.1) is 17.8 Å². The van der Waals surface area contributed by atoms with E-state index >= 15 is 0 Å². The summed E-state index contributed by atoms with van der Waals surface area (Å²) >= 11 is 0. The van der Waals surface area contributed by atoms with Crippen molar-refractivity contribution in [3.05, 3.63) is 0 Å². The fourth-order valence-corrected chi connectivity index (χ4v) is 3.69. The van der Waals surface area contributed by atoms with Crippen LogP contribution >= 0.6 is 0 Å². The van der Waals surface area contributed by atoms with Crippen molar-refractivity contribution in [3.63, 3.8) is 0 Å². The molecule has 4 atom stereocenters. The number of ether oxygens (including phenoxy) is 1. The van der Waals surface area contributed by atoms with Crippen LogP contribution in [0.5, 0.6) is 0 Å². The van der Waals surface area contributed by atoms with Gasteiger partial charge in [-0.1, -0.05) is 20.3 Å². The monoisotopic (exact) mass is 282 g/mol. The van der Waals surface area contributed by atoms with Crippen LogP contribution in [0.25, 0.3) is 0 Å². The van der Waals surface area contributed by atoms with Gasteiger partial charge in [0.2, 0.25) is 5.91 Å². The lowest BCUT2D eigenvalue weighted by Crippen LogP contribution is -2.42. The third kappa shape index (κ3) is 4.19. The molecule has 1 amide bonds. The molecule has 1 saturated carbocycles. The van der Waals surface area contributed by atoms with Gasteiger partial charge >= 0.3 is 0 Å². The molecule has 116 valence electrons. The van der Waals surface area contributed by atoms with Gasteiger partial charge < -0.3 is 15.8 Å². The topological polar surface area (TPSA) is 64.3 Å². The number of hydrogen-bond acceptors (Lipinski definition) is 3. The van der Waals surface area contributed by atoms with Crippen LogP contribution in [0.3, 0.4) is 0 Å². The summed E-state index contributed by atoms with van der Waals surface area (Å²) in [6.45, 7) is 6.01.